The van der Waals surface area contributed by atoms with Crippen molar-refractivity contribution in [1.82, 2.24) is 9.97 Å². The van der Waals surface area contributed by atoms with Gasteiger partial charge in [0.15, 0.2) is 5.82 Å². The molecule has 0 aliphatic heterocycles. The summed E-state index contributed by atoms with van der Waals surface area (Å²) in [6.45, 7) is 1.86. The lowest BCUT2D eigenvalue weighted by atomic mass is 9.92. The number of amides is 1. The molecular formula is C21H19N3O2. The van der Waals surface area contributed by atoms with Gasteiger partial charge in [0.25, 0.3) is 0 Å². The highest BCUT2D eigenvalue weighted by atomic mass is 16.3. The molecule has 0 bridgehead atoms. The molecule has 3 aromatic rings. The van der Waals surface area contributed by atoms with Gasteiger partial charge >= 0.3 is 0 Å². The van der Waals surface area contributed by atoms with Crippen LogP contribution in [0.1, 0.15) is 22.5 Å². The van der Waals surface area contributed by atoms with E-state index >= 15 is 0 Å². The molecule has 0 spiro atoms. The molecule has 1 aromatic heterocycles. The molecule has 0 saturated heterocycles. The van der Waals surface area contributed by atoms with E-state index in [0.29, 0.717) is 11.5 Å². The van der Waals surface area contributed by atoms with Crippen LogP contribution in [0.4, 0.5) is 5.82 Å². The number of fused-ring (bicyclic) bond motifs is 3. The molecule has 1 amide bonds. The molecule has 1 aliphatic rings. The number of benzene rings is 2. The summed E-state index contributed by atoms with van der Waals surface area (Å²) in [6.07, 6.45) is 1.98. The van der Waals surface area contributed by atoms with Crippen LogP contribution in [-0.4, -0.2) is 21.0 Å². The minimum atomic E-state index is -0.149. The second-order valence-corrected chi connectivity index (χ2v) is 6.50. The number of nitrogens with zero attached hydrogens (tertiary/aromatic N) is 2. The van der Waals surface area contributed by atoms with Crippen LogP contribution in [0.15, 0.2) is 48.5 Å². The Balaban J connectivity index is 1.57. The first-order valence-corrected chi connectivity index (χ1v) is 8.64. The molecule has 5 nitrogen and oxygen atoms in total. The maximum Gasteiger partial charge on any atom is 0.229 e. The summed E-state index contributed by atoms with van der Waals surface area (Å²) in [6, 6.07) is 14.9. The predicted octanol–water partition coefficient (Wildman–Crippen LogP) is 3.44. The van der Waals surface area contributed by atoms with E-state index in [1.807, 2.05) is 19.1 Å². The molecule has 5 heteroatoms. The second-order valence-electron chi connectivity index (χ2n) is 6.50. The number of phenolic OH excluding ortho intramolecular Hbond substituents is 1. The normalized spacial score (nSPS) is 12.2. The molecular weight excluding hydrogens is 326 g/mol. The lowest BCUT2D eigenvalue weighted by molar-refractivity contribution is -0.115. The van der Waals surface area contributed by atoms with Gasteiger partial charge in [0, 0.05) is 5.56 Å². The zero-order valence-electron chi connectivity index (χ0n) is 14.5. The Morgan fingerprint density at radius 3 is 2.65 bits per heavy atom. The van der Waals surface area contributed by atoms with Crippen LogP contribution in [0.3, 0.4) is 0 Å². The van der Waals surface area contributed by atoms with E-state index in [1.54, 1.807) is 24.3 Å². The van der Waals surface area contributed by atoms with E-state index in [2.05, 4.69) is 22.4 Å². The van der Waals surface area contributed by atoms with Gasteiger partial charge in [0.1, 0.15) is 5.75 Å². The van der Waals surface area contributed by atoms with Crippen LogP contribution in [0.25, 0.3) is 11.3 Å². The number of aryl methyl sites for hydroxylation is 3. The summed E-state index contributed by atoms with van der Waals surface area (Å²) in [7, 11) is 0. The molecule has 26 heavy (non-hydrogen) atoms. The number of hydrogen-bond donors (Lipinski definition) is 2. The molecule has 0 radical (unpaired) electrons. The monoisotopic (exact) mass is 345 g/mol. The van der Waals surface area contributed by atoms with E-state index < -0.39 is 0 Å². The van der Waals surface area contributed by atoms with Crippen molar-refractivity contribution >= 4 is 11.7 Å². The largest absolute Gasteiger partial charge is 0.508 e. The SMILES string of the molecule is Cc1nc2c(nc1NC(=O)Cc1ccc(O)cc1)CCc1ccccc1-2. The van der Waals surface area contributed by atoms with Crippen molar-refractivity contribution in [3.8, 4) is 17.0 Å². The van der Waals surface area contributed by atoms with Crippen molar-refractivity contribution in [2.24, 2.45) is 0 Å². The molecule has 0 unspecified atom stereocenters. The van der Waals surface area contributed by atoms with Crippen molar-refractivity contribution in [3.05, 3.63) is 71.0 Å². The number of hydrogen-bond acceptors (Lipinski definition) is 4. The highest BCUT2D eigenvalue weighted by Crippen LogP contribution is 2.32. The first-order chi connectivity index (χ1) is 12.6. The van der Waals surface area contributed by atoms with Gasteiger partial charge in [0.2, 0.25) is 5.91 Å². The van der Waals surface area contributed by atoms with Crippen molar-refractivity contribution in [2.75, 3.05) is 5.32 Å². The Morgan fingerprint density at radius 2 is 1.85 bits per heavy atom. The maximum absolute atomic E-state index is 12.3. The summed E-state index contributed by atoms with van der Waals surface area (Å²) in [5.41, 5.74) is 5.80. The Labute approximate surface area is 151 Å². The molecule has 1 aliphatic carbocycles. The van der Waals surface area contributed by atoms with Gasteiger partial charge in [-0.15, -0.1) is 0 Å². The third-order valence-electron chi connectivity index (χ3n) is 4.60. The smallest absolute Gasteiger partial charge is 0.229 e. The van der Waals surface area contributed by atoms with Gasteiger partial charge in [-0.05, 0) is 43.0 Å². The van der Waals surface area contributed by atoms with Crippen LogP contribution in [0.2, 0.25) is 0 Å². The Bertz CT molecular complexity index is 981. The highest BCUT2D eigenvalue weighted by Gasteiger charge is 2.20. The Morgan fingerprint density at radius 1 is 1.08 bits per heavy atom. The number of aromatic hydroxyl groups is 1. The molecule has 130 valence electrons. The van der Waals surface area contributed by atoms with Crippen LogP contribution in [0.5, 0.6) is 5.75 Å². The number of rotatable bonds is 3. The zero-order chi connectivity index (χ0) is 18.1. The van der Waals surface area contributed by atoms with Crippen molar-refractivity contribution in [1.29, 1.82) is 0 Å². The third kappa shape index (κ3) is 3.16. The number of nitrogens with one attached hydrogen (secondary N) is 1. The Kier molecular flexibility index (Phi) is 4.13. The third-order valence-corrected chi connectivity index (χ3v) is 4.60. The van der Waals surface area contributed by atoms with Gasteiger partial charge in [-0.25, -0.2) is 9.97 Å². The summed E-state index contributed by atoms with van der Waals surface area (Å²) >= 11 is 0. The molecule has 0 fully saturated rings. The molecule has 4 rings (SSSR count). The highest BCUT2D eigenvalue weighted by molar-refractivity contribution is 5.92. The fourth-order valence-electron chi connectivity index (χ4n) is 3.26. The van der Waals surface area contributed by atoms with Crippen molar-refractivity contribution in [2.45, 2.75) is 26.2 Å². The Hall–Kier alpha value is -3.21. The van der Waals surface area contributed by atoms with E-state index in [1.165, 1.54) is 5.56 Å². The van der Waals surface area contributed by atoms with E-state index in [0.717, 1.165) is 35.4 Å². The van der Waals surface area contributed by atoms with Crippen molar-refractivity contribution < 1.29 is 9.90 Å². The number of anilines is 1. The van der Waals surface area contributed by atoms with Gasteiger partial charge in [-0.1, -0.05) is 36.4 Å². The molecule has 2 N–H and O–H groups in total. The van der Waals surface area contributed by atoms with Crippen LogP contribution >= 0.6 is 0 Å². The zero-order valence-corrected chi connectivity index (χ0v) is 14.5. The number of phenols is 1. The summed E-state index contributed by atoms with van der Waals surface area (Å²) < 4.78 is 0. The average molecular weight is 345 g/mol. The summed E-state index contributed by atoms with van der Waals surface area (Å²) in [5.74, 6) is 0.557. The lowest BCUT2D eigenvalue weighted by Crippen LogP contribution is -2.18. The predicted molar refractivity (Wildman–Crippen MR) is 100 cm³/mol. The van der Waals surface area contributed by atoms with Crippen LogP contribution in [-0.2, 0) is 24.1 Å². The molecule has 0 saturated carbocycles. The number of carbonyl (C=O) groups is 1. The summed E-state index contributed by atoms with van der Waals surface area (Å²) in [4.78, 5) is 21.7. The lowest BCUT2D eigenvalue weighted by Gasteiger charge is -2.20. The fraction of sp³-hybridized carbons (Fsp3) is 0.190. The second kappa shape index (κ2) is 6.59. The standard InChI is InChI=1S/C21H19N3O2/c1-13-21(24-19(26)12-14-6-9-16(25)10-7-14)23-18-11-8-15-4-2-3-5-17(15)20(18)22-13/h2-7,9-10,25H,8,11-12H2,1H3,(H,23,24,26). The molecule has 1 heterocycles. The molecule has 0 atom stereocenters. The van der Waals surface area contributed by atoms with E-state index in [4.69, 9.17) is 4.98 Å². The number of carbonyl (C=O) groups excluding carboxylic acids is 1. The maximum atomic E-state index is 12.3. The van der Waals surface area contributed by atoms with Gasteiger partial charge in [0.05, 0.1) is 23.5 Å². The van der Waals surface area contributed by atoms with Crippen molar-refractivity contribution in [3.63, 3.8) is 0 Å². The minimum Gasteiger partial charge on any atom is -0.508 e. The minimum absolute atomic E-state index is 0.149. The first kappa shape index (κ1) is 16.3. The fourth-order valence-corrected chi connectivity index (χ4v) is 3.26. The first-order valence-electron chi connectivity index (χ1n) is 8.64. The van der Waals surface area contributed by atoms with Gasteiger partial charge in [-0.3, -0.25) is 4.79 Å². The van der Waals surface area contributed by atoms with E-state index in [-0.39, 0.29) is 18.1 Å². The van der Waals surface area contributed by atoms with E-state index in [9.17, 15) is 9.90 Å². The topological polar surface area (TPSA) is 75.1 Å². The number of aromatic nitrogens is 2. The van der Waals surface area contributed by atoms with Gasteiger partial charge < -0.3 is 10.4 Å². The quantitative estimate of drug-likeness (QED) is 0.762. The van der Waals surface area contributed by atoms with Gasteiger partial charge in [-0.2, -0.15) is 0 Å². The van der Waals surface area contributed by atoms with Crippen LogP contribution in [0, 0.1) is 6.92 Å². The average Bonchev–Trinajstić information content (AvgIpc) is 2.64. The summed E-state index contributed by atoms with van der Waals surface area (Å²) in [5, 5.41) is 12.2. The van der Waals surface area contributed by atoms with Crippen LogP contribution < -0.4 is 5.32 Å². The molecule has 2 aromatic carbocycles.